The lowest BCUT2D eigenvalue weighted by Crippen LogP contribution is -2.33. The number of ether oxygens (including phenoxy) is 2. The van der Waals surface area contributed by atoms with Crippen molar-refractivity contribution in [3.8, 4) is 11.5 Å². The molecule has 0 amide bonds. The van der Waals surface area contributed by atoms with Crippen LogP contribution in [0.4, 0.5) is 0 Å². The van der Waals surface area contributed by atoms with Gasteiger partial charge in [0.15, 0.2) is 17.5 Å². The molecule has 0 fully saturated rings. The van der Waals surface area contributed by atoms with Gasteiger partial charge in [0, 0.05) is 6.54 Å². The van der Waals surface area contributed by atoms with Gasteiger partial charge in [-0.15, -0.1) is 24.0 Å². The molecule has 0 radical (unpaired) electrons. The zero-order valence-corrected chi connectivity index (χ0v) is 13.8. The van der Waals surface area contributed by atoms with E-state index in [1.807, 2.05) is 25.1 Å². The van der Waals surface area contributed by atoms with Crippen LogP contribution in [-0.2, 0) is 6.42 Å². The number of nitrogens with one attached hydrogen (secondary N) is 1. The monoisotopic (exact) mass is 389 g/mol. The molecule has 1 heterocycles. The van der Waals surface area contributed by atoms with Gasteiger partial charge in [-0.1, -0.05) is 18.2 Å². The van der Waals surface area contributed by atoms with E-state index in [2.05, 4.69) is 16.9 Å². The molecule has 0 atom stereocenters. The lowest BCUT2D eigenvalue weighted by molar-refractivity contribution is 0.174. The summed E-state index contributed by atoms with van der Waals surface area (Å²) in [4.78, 5) is 4.15. The zero-order chi connectivity index (χ0) is 13.7. The molecule has 0 aliphatic carbocycles. The van der Waals surface area contributed by atoms with E-state index in [0.717, 1.165) is 30.0 Å². The highest BCUT2D eigenvalue weighted by molar-refractivity contribution is 14.0. The van der Waals surface area contributed by atoms with Gasteiger partial charge >= 0.3 is 0 Å². The van der Waals surface area contributed by atoms with Crippen LogP contribution in [0.25, 0.3) is 0 Å². The molecule has 0 saturated carbocycles. The Morgan fingerprint density at radius 2 is 2.15 bits per heavy atom. The Hall–Kier alpha value is -1.44. The van der Waals surface area contributed by atoms with Gasteiger partial charge < -0.3 is 20.5 Å². The van der Waals surface area contributed by atoms with E-state index in [-0.39, 0.29) is 24.0 Å². The molecule has 1 aromatic carbocycles. The fraction of sp³-hybridized carbons (Fsp3) is 0.357. The molecule has 1 aliphatic heterocycles. The molecule has 0 unspecified atom stereocenters. The SMILES string of the molecule is C=C(C)CN=C(N)NCCc1ccc2c(c1)OCO2.I. The number of hydrogen-bond donors (Lipinski definition) is 2. The minimum absolute atomic E-state index is 0. The van der Waals surface area contributed by atoms with Crippen molar-refractivity contribution in [1.29, 1.82) is 0 Å². The van der Waals surface area contributed by atoms with Crippen molar-refractivity contribution in [2.24, 2.45) is 10.7 Å². The average Bonchev–Trinajstić information content (AvgIpc) is 2.83. The molecule has 5 nitrogen and oxygen atoms in total. The molecular formula is C14H20IN3O2. The molecule has 0 bridgehead atoms. The Morgan fingerprint density at radius 3 is 2.90 bits per heavy atom. The summed E-state index contributed by atoms with van der Waals surface area (Å²) in [5.74, 6) is 2.06. The van der Waals surface area contributed by atoms with Crippen molar-refractivity contribution in [1.82, 2.24) is 5.32 Å². The van der Waals surface area contributed by atoms with E-state index in [9.17, 15) is 0 Å². The maximum Gasteiger partial charge on any atom is 0.231 e. The van der Waals surface area contributed by atoms with E-state index in [0.29, 0.717) is 19.3 Å². The number of fused-ring (bicyclic) bond motifs is 1. The molecule has 2 rings (SSSR count). The van der Waals surface area contributed by atoms with E-state index < -0.39 is 0 Å². The normalized spacial score (nSPS) is 12.8. The lowest BCUT2D eigenvalue weighted by atomic mass is 10.1. The first-order valence-corrected chi connectivity index (χ1v) is 6.22. The molecule has 1 aliphatic rings. The predicted molar refractivity (Wildman–Crippen MR) is 91.0 cm³/mol. The number of guanidine groups is 1. The lowest BCUT2D eigenvalue weighted by Gasteiger charge is -2.06. The van der Waals surface area contributed by atoms with Crippen molar-refractivity contribution in [2.45, 2.75) is 13.3 Å². The highest BCUT2D eigenvalue weighted by Gasteiger charge is 2.12. The Balaban J connectivity index is 0.00000200. The Kier molecular flexibility index (Phi) is 6.63. The summed E-state index contributed by atoms with van der Waals surface area (Å²) in [6, 6.07) is 5.94. The van der Waals surface area contributed by atoms with E-state index in [1.165, 1.54) is 5.56 Å². The summed E-state index contributed by atoms with van der Waals surface area (Å²) in [7, 11) is 0. The van der Waals surface area contributed by atoms with Gasteiger partial charge in [0.1, 0.15) is 0 Å². The van der Waals surface area contributed by atoms with Crippen LogP contribution >= 0.6 is 24.0 Å². The highest BCUT2D eigenvalue weighted by Crippen LogP contribution is 2.32. The molecule has 1 aromatic rings. The third-order valence-electron chi connectivity index (χ3n) is 2.68. The smallest absolute Gasteiger partial charge is 0.231 e. The van der Waals surface area contributed by atoms with Crippen molar-refractivity contribution < 1.29 is 9.47 Å². The Morgan fingerprint density at radius 1 is 1.40 bits per heavy atom. The predicted octanol–water partition coefficient (Wildman–Crippen LogP) is 2.06. The maximum atomic E-state index is 5.73. The summed E-state index contributed by atoms with van der Waals surface area (Å²) < 4.78 is 10.6. The van der Waals surface area contributed by atoms with Crippen LogP contribution in [-0.4, -0.2) is 25.8 Å². The van der Waals surface area contributed by atoms with Gasteiger partial charge in [0.05, 0.1) is 6.54 Å². The molecule has 3 N–H and O–H groups in total. The van der Waals surface area contributed by atoms with Crippen molar-refractivity contribution >= 4 is 29.9 Å². The van der Waals surface area contributed by atoms with Crippen LogP contribution in [0.3, 0.4) is 0 Å². The average molecular weight is 389 g/mol. The molecular weight excluding hydrogens is 369 g/mol. The fourth-order valence-corrected chi connectivity index (χ4v) is 1.71. The van der Waals surface area contributed by atoms with Crippen molar-refractivity contribution in [2.75, 3.05) is 19.9 Å². The number of halogens is 1. The summed E-state index contributed by atoms with van der Waals surface area (Å²) in [6.07, 6.45) is 0.847. The Labute approximate surface area is 136 Å². The quantitative estimate of drug-likeness (QED) is 0.350. The second kappa shape index (κ2) is 7.98. The van der Waals surface area contributed by atoms with Crippen molar-refractivity contribution in [3.63, 3.8) is 0 Å². The molecule has 110 valence electrons. The third-order valence-corrected chi connectivity index (χ3v) is 2.68. The maximum absolute atomic E-state index is 5.73. The minimum atomic E-state index is 0. The van der Waals surface area contributed by atoms with Gasteiger partial charge in [-0.2, -0.15) is 0 Å². The zero-order valence-electron chi connectivity index (χ0n) is 11.5. The molecule has 0 aromatic heterocycles. The molecule has 0 spiro atoms. The van der Waals surface area contributed by atoms with Gasteiger partial charge in [0.2, 0.25) is 6.79 Å². The number of benzene rings is 1. The second-order valence-corrected chi connectivity index (χ2v) is 4.52. The fourth-order valence-electron chi connectivity index (χ4n) is 1.71. The van der Waals surface area contributed by atoms with Crippen LogP contribution in [0.2, 0.25) is 0 Å². The third kappa shape index (κ3) is 4.92. The number of hydrogen-bond acceptors (Lipinski definition) is 3. The first-order valence-electron chi connectivity index (χ1n) is 6.22. The topological polar surface area (TPSA) is 68.9 Å². The summed E-state index contributed by atoms with van der Waals surface area (Å²) in [6.45, 7) is 7.28. The van der Waals surface area contributed by atoms with E-state index >= 15 is 0 Å². The number of aliphatic imine (C=N–C) groups is 1. The summed E-state index contributed by atoms with van der Waals surface area (Å²) >= 11 is 0. The molecule has 6 heteroatoms. The number of rotatable bonds is 5. The number of nitrogens with two attached hydrogens (primary N) is 1. The Bertz CT molecular complexity index is 503. The van der Waals surface area contributed by atoms with Gasteiger partial charge in [-0.05, 0) is 31.0 Å². The largest absolute Gasteiger partial charge is 0.454 e. The summed E-state index contributed by atoms with van der Waals surface area (Å²) in [5, 5.41) is 3.07. The first-order chi connectivity index (χ1) is 9.15. The van der Waals surface area contributed by atoms with E-state index in [4.69, 9.17) is 15.2 Å². The van der Waals surface area contributed by atoms with Gasteiger partial charge in [0.25, 0.3) is 0 Å². The molecule has 0 saturated heterocycles. The van der Waals surface area contributed by atoms with Crippen LogP contribution in [0.15, 0.2) is 35.3 Å². The number of nitrogens with zero attached hydrogens (tertiary/aromatic N) is 1. The van der Waals surface area contributed by atoms with Crippen LogP contribution in [0.5, 0.6) is 11.5 Å². The highest BCUT2D eigenvalue weighted by atomic mass is 127. The van der Waals surface area contributed by atoms with E-state index in [1.54, 1.807) is 0 Å². The van der Waals surface area contributed by atoms with Crippen molar-refractivity contribution in [3.05, 3.63) is 35.9 Å². The summed E-state index contributed by atoms with van der Waals surface area (Å²) in [5.41, 5.74) is 7.89. The van der Waals surface area contributed by atoms with Gasteiger partial charge in [-0.3, -0.25) is 0 Å². The first kappa shape index (κ1) is 16.6. The minimum Gasteiger partial charge on any atom is -0.454 e. The van der Waals surface area contributed by atoms with Crippen LogP contribution < -0.4 is 20.5 Å². The van der Waals surface area contributed by atoms with Crippen LogP contribution in [0.1, 0.15) is 12.5 Å². The standard InChI is InChI=1S/C14H19N3O2.HI/c1-10(2)8-17-14(15)16-6-5-11-3-4-12-13(7-11)19-9-18-12;/h3-4,7H,1,5-6,8-9H2,2H3,(H3,15,16,17);1H. The van der Waals surface area contributed by atoms with Crippen LogP contribution in [0, 0.1) is 0 Å². The van der Waals surface area contributed by atoms with Gasteiger partial charge in [-0.25, -0.2) is 4.99 Å². The molecule has 20 heavy (non-hydrogen) atoms. The second-order valence-electron chi connectivity index (χ2n) is 4.52.